The average Bonchev–Trinajstić information content (AvgIpc) is 2.54. The van der Waals surface area contributed by atoms with E-state index in [1.807, 2.05) is 0 Å². The lowest BCUT2D eigenvalue weighted by Gasteiger charge is -2.07. The first-order valence-corrected chi connectivity index (χ1v) is 6.94. The van der Waals surface area contributed by atoms with Crippen molar-refractivity contribution >= 4 is 29.3 Å². The molecule has 0 fully saturated rings. The minimum absolute atomic E-state index is 0.00786. The van der Waals surface area contributed by atoms with Crippen LogP contribution < -0.4 is 10.1 Å². The molecule has 0 unspecified atom stereocenters. The van der Waals surface area contributed by atoms with Crippen molar-refractivity contribution in [3.8, 4) is 11.8 Å². The number of hydrogen-bond donors (Lipinski definition) is 1. The van der Waals surface area contributed by atoms with Crippen LogP contribution in [-0.2, 0) is 4.79 Å². The topological polar surface area (TPSA) is 62.1 Å². The summed E-state index contributed by atoms with van der Waals surface area (Å²) in [4.78, 5) is 12.2. The average molecular weight is 331 g/mol. The van der Waals surface area contributed by atoms with Crippen LogP contribution in [0.25, 0.3) is 6.08 Å². The number of ether oxygens (including phenoxy) is 1. The van der Waals surface area contributed by atoms with Crippen LogP contribution in [0.15, 0.2) is 48.0 Å². The van der Waals surface area contributed by atoms with Gasteiger partial charge in [0.15, 0.2) is 0 Å². The number of carbonyl (C=O) groups is 1. The van der Waals surface area contributed by atoms with E-state index in [2.05, 4.69) is 5.32 Å². The highest BCUT2D eigenvalue weighted by molar-refractivity contribution is 6.32. The Morgan fingerprint density at radius 1 is 1.35 bits per heavy atom. The van der Waals surface area contributed by atoms with Gasteiger partial charge in [-0.25, -0.2) is 4.39 Å². The van der Waals surface area contributed by atoms with Crippen molar-refractivity contribution in [1.82, 2.24) is 0 Å². The Hall–Kier alpha value is -2.84. The van der Waals surface area contributed by atoms with Crippen LogP contribution in [0.4, 0.5) is 10.1 Å². The van der Waals surface area contributed by atoms with Crippen LogP contribution >= 0.6 is 11.6 Å². The van der Waals surface area contributed by atoms with Crippen LogP contribution in [0.5, 0.6) is 5.75 Å². The monoisotopic (exact) mass is 330 g/mol. The molecular formula is C17H12ClFN2O2. The van der Waals surface area contributed by atoms with Crippen LogP contribution in [-0.4, -0.2) is 13.0 Å². The quantitative estimate of drug-likeness (QED) is 0.680. The number of halogens is 2. The van der Waals surface area contributed by atoms with Gasteiger partial charge in [0.1, 0.15) is 23.2 Å². The molecule has 0 heterocycles. The zero-order valence-corrected chi connectivity index (χ0v) is 12.9. The second kappa shape index (κ2) is 7.43. The normalized spacial score (nSPS) is 10.8. The summed E-state index contributed by atoms with van der Waals surface area (Å²) in [7, 11) is 1.50. The molecule has 0 bridgehead atoms. The number of nitrogens with one attached hydrogen (secondary N) is 1. The summed E-state index contributed by atoms with van der Waals surface area (Å²) in [5, 5.41) is 11.8. The minimum atomic E-state index is -0.667. The zero-order chi connectivity index (χ0) is 16.8. The number of nitriles is 1. The third kappa shape index (κ3) is 4.09. The highest BCUT2D eigenvalue weighted by atomic mass is 35.5. The maximum atomic E-state index is 13.7. The van der Waals surface area contributed by atoms with Crippen LogP contribution in [0.2, 0.25) is 5.02 Å². The molecule has 23 heavy (non-hydrogen) atoms. The molecule has 0 saturated heterocycles. The van der Waals surface area contributed by atoms with Crippen molar-refractivity contribution in [2.45, 2.75) is 0 Å². The molecule has 1 amide bonds. The van der Waals surface area contributed by atoms with Gasteiger partial charge in [-0.05, 0) is 30.3 Å². The number of nitrogens with zero attached hydrogens (tertiary/aromatic N) is 1. The van der Waals surface area contributed by atoms with E-state index in [1.54, 1.807) is 30.3 Å². The largest absolute Gasteiger partial charge is 0.497 e. The lowest BCUT2D eigenvalue weighted by molar-refractivity contribution is -0.112. The van der Waals surface area contributed by atoms with E-state index in [1.165, 1.54) is 25.3 Å². The van der Waals surface area contributed by atoms with Crippen LogP contribution in [0.1, 0.15) is 5.56 Å². The summed E-state index contributed by atoms with van der Waals surface area (Å²) in [6, 6.07) is 12.5. The summed E-state index contributed by atoms with van der Waals surface area (Å²) in [5.41, 5.74) is 0.182. The summed E-state index contributed by atoms with van der Waals surface area (Å²) in [5.74, 6) is -0.720. The molecule has 0 atom stereocenters. The summed E-state index contributed by atoms with van der Waals surface area (Å²) in [6.07, 6.45) is 1.12. The molecule has 116 valence electrons. The molecule has 2 rings (SSSR count). The number of methoxy groups -OCH3 is 1. The van der Waals surface area contributed by atoms with Gasteiger partial charge >= 0.3 is 0 Å². The van der Waals surface area contributed by atoms with E-state index in [9.17, 15) is 9.18 Å². The molecule has 0 radical (unpaired) electrons. The highest BCUT2D eigenvalue weighted by Gasteiger charge is 2.13. The van der Waals surface area contributed by atoms with E-state index in [4.69, 9.17) is 21.6 Å². The lowest BCUT2D eigenvalue weighted by Crippen LogP contribution is -2.13. The van der Waals surface area contributed by atoms with E-state index < -0.39 is 11.7 Å². The SMILES string of the molecule is COc1cccc(NC(=O)/C(C#N)=C/c2c(F)cccc2Cl)c1. The Labute approximate surface area is 137 Å². The van der Waals surface area contributed by atoms with E-state index in [-0.39, 0.29) is 16.2 Å². The first kappa shape index (κ1) is 16.5. The molecule has 1 N–H and O–H groups in total. The van der Waals surface area contributed by atoms with Gasteiger partial charge in [0.25, 0.3) is 5.91 Å². The minimum Gasteiger partial charge on any atom is -0.497 e. The number of carbonyl (C=O) groups excluding carboxylic acids is 1. The summed E-state index contributed by atoms with van der Waals surface area (Å²) >= 11 is 5.89. The molecule has 2 aromatic carbocycles. The van der Waals surface area contributed by atoms with Gasteiger partial charge in [0.05, 0.1) is 12.1 Å². The predicted molar refractivity (Wildman–Crippen MR) is 86.6 cm³/mol. The third-order valence-electron chi connectivity index (χ3n) is 2.98. The van der Waals surface area contributed by atoms with E-state index in [0.29, 0.717) is 11.4 Å². The fourth-order valence-corrected chi connectivity index (χ4v) is 2.06. The Kier molecular flexibility index (Phi) is 5.34. The molecule has 0 aliphatic rings. The first-order chi connectivity index (χ1) is 11.0. The molecule has 0 aliphatic carbocycles. The molecule has 2 aromatic rings. The second-order valence-corrected chi connectivity index (χ2v) is 4.90. The summed E-state index contributed by atoms with van der Waals surface area (Å²) < 4.78 is 18.8. The molecule has 6 heteroatoms. The smallest absolute Gasteiger partial charge is 0.266 e. The molecule has 4 nitrogen and oxygen atoms in total. The van der Waals surface area contributed by atoms with Gasteiger partial charge in [-0.1, -0.05) is 23.7 Å². The zero-order valence-electron chi connectivity index (χ0n) is 12.1. The number of hydrogen-bond acceptors (Lipinski definition) is 3. The van der Waals surface area contributed by atoms with Gasteiger partial charge in [-0.2, -0.15) is 5.26 Å². The van der Waals surface area contributed by atoms with Gasteiger partial charge in [0.2, 0.25) is 0 Å². The van der Waals surface area contributed by atoms with Crippen LogP contribution in [0, 0.1) is 17.1 Å². The molecule has 0 spiro atoms. The van der Waals surface area contributed by atoms with Gasteiger partial charge in [-0.3, -0.25) is 4.79 Å². The number of benzene rings is 2. The molecular weight excluding hydrogens is 319 g/mol. The van der Waals surface area contributed by atoms with Crippen molar-refractivity contribution in [1.29, 1.82) is 5.26 Å². The Morgan fingerprint density at radius 3 is 2.74 bits per heavy atom. The van der Waals surface area contributed by atoms with Gasteiger partial charge in [-0.15, -0.1) is 0 Å². The first-order valence-electron chi connectivity index (χ1n) is 6.56. The van der Waals surface area contributed by atoms with Crippen molar-refractivity contribution in [2.24, 2.45) is 0 Å². The van der Waals surface area contributed by atoms with Crippen LogP contribution in [0.3, 0.4) is 0 Å². The summed E-state index contributed by atoms with van der Waals surface area (Å²) in [6.45, 7) is 0. The van der Waals surface area contributed by atoms with Gasteiger partial charge < -0.3 is 10.1 Å². The maximum absolute atomic E-state index is 13.7. The van der Waals surface area contributed by atoms with E-state index >= 15 is 0 Å². The predicted octanol–water partition coefficient (Wildman–Crippen LogP) is 4.03. The lowest BCUT2D eigenvalue weighted by atomic mass is 10.1. The number of anilines is 1. The molecule has 0 aliphatic heterocycles. The second-order valence-electron chi connectivity index (χ2n) is 4.49. The maximum Gasteiger partial charge on any atom is 0.266 e. The molecule has 0 saturated carbocycles. The number of amides is 1. The van der Waals surface area contributed by atoms with E-state index in [0.717, 1.165) is 6.08 Å². The van der Waals surface area contributed by atoms with Crippen molar-refractivity contribution in [2.75, 3.05) is 12.4 Å². The Morgan fingerprint density at radius 2 is 2.09 bits per heavy atom. The molecule has 0 aromatic heterocycles. The Bertz CT molecular complexity index is 792. The van der Waals surface area contributed by atoms with Crippen molar-refractivity contribution in [3.05, 3.63) is 64.4 Å². The Balaban J connectivity index is 2.28. The third-order valence-corrected chi connectivity index (χ3v) is 3.31. The van der Waals surface area contributed by atoms with Crippen molar-refractivity contribution in [3.63, 3.8) is 0 Å². The number of rotatable bonds is 4. The fourth-order valence-electron chi connectivity index (χ4n) is 1.84. The van der Waals surface area contributed by atoms with Crippen molar-refractivity contribution < 1.29 is 13.9 Å². The van der Waals surface area contributed by atoms with Gasteiger partial charge in [0, 0.05) is 17.3 Å². The fraction of sp³-hybridized carbons (Fsp3) is 0.0588. The highest BCUT2D eigenvalue weighted by Crippen LogP contribution is 2.23. The standard InChI is InChI=1S/C17H12ClFN2O2/c1-23-13-5-2-4-12(9-13)21-17(22)11(10-20)8-14-15(18)6-3-7-16(14)19/h2-9H,1H3,(H,21,22)/b11-8+.